The van der Waals surface area contributed by atoms with E-state index in [4.69, 9.17) is 10.8 Å². The number of ether oxygens (including phenoxy) is 2. The van der Waals surface area contributed by atoms with Gasteiger partial charge in [0, 0.05) is 0 Å². The molecule has 0 aliphatic carbocycles. The number of carbonyl (C=O) groups excluding carboxylic acids is 1. The maximum absolute atomic E-state index is 11.8. The highest BCUT2D eigenvalue weighted by molar-refractivity contribution is 5.80. The predicted molar refractivity (Wildman–Crippen MR) is 54.1 cm³/mol. The molecule has 3 heteroatoms. The number of rotatable bonds is 3. The van der Waals surface area contributed by atoms with E-state index in [1.165, 1.54) is 6.92 Å². The summed E-state index contributed by atoms with van der Waals surface area (Å²) < 4.78 is 17.9. The van der Waals surface area contributed by atoms with Crippen molar-refractivity contribution in [1.82, 2.24) is 0 Å². The molecule has 0 spiro atoms. The summed E-state index contributed by atoms with van der Waals surface area (Å²) >= 11 is 0. The molecule has 82 valence electrons. The Kier molecular flexibility index (Phi) is 2.77. The number of hydrogen-bond acceptors (Lipinski definition) is 3. The molecule has 0 amide bonds. The van der Waals surface area contributed by atoms with Crippen LogP contribution in [-0.4, -0.2) is 23.8 Å². The third-order valence-corrected chi connectivity index (χ3v) is 2.77. The molecule has 2 atom stereocenters. The minimum atomic E-state index is -0.826. The summed E-state index contributed by atoms with van der Waals surface area (Å²) in [5.41, 5.74) is -1.08. The second kappa shape index (κ2) is 3.89. The highest BCUT2D eigenvalue weighted by atomic mass is 16.6. The van der Waals surface area contributed by atoms with Crippen LogP contribution in [-0.2, 0) is 14.3 Å². The smallest absolute Gasteiger partial charge is 0.338 e. The van der Waals surface area contributed by atoms with Crippen molar-refractivity contribution in [2.75, 3.05) is 6.58 Å². The van der Waals surface area contributed by atoms with Gasteiger partial charge in [-0.15, -0.1) is 0 Å². The molecule has 0 aromatic heterocycles. The van der Waals surface area contributed by atoms with Crippen molar-refractivity contribution in [2.24, 2.45) is 0 Å². The molecule has 0 N–H and O–H groups in total. The lowest BCUT2D eigenvalue weighted by molar-refractivity contribution is -0.177. The van der Waals surface area contributed by atoms with Gasteiger partial charge >= 0.3 is 5.97 Å². The van der Waals surface area contributed by atoms with Crippen molar-refractivity contribution in [3.8, 4) is 0 Å². The first-order chi connectivity index (χ1) is 6.81. The molecule has 1 saturated heterocycles. The third kappa shape index (κ3) is 2.08. The van der Waals surface area contributed by atoms with Crippen LogP contribution in [0.15, 0.2) is 0 Å². The second-order valence-corrected chi connectivity index (χ2v) is 4.35. The average molecular weight is 202 g/mol. The van der Waals surface area contributed by atoms with Crippen molar-refractivity contribution >= 4 is 5.97 Å². The maximum Gasteiger partial charge on any atom is 0.338 e. The molecule has 1 aliphatic heterocycles. The first kappa shape index (κ1) is 9.97. The fraction of sp³-hybridized carbons (Fsp3) is 0.909. The number of esters is 1. The van der Waals surface area contributed by atoms with Crippen molar-refractivity contribution in [2.45, 2.75) is 58.2 Å². The molecule has 0 aromatic carbocycles. The first-order valence-corrected chi connectivity index (χ1v) is 5.15. The molecule has 0 aromatic rings. The molecule has 1 heterocycles. The van der Waals surface area contributed by atoms with E-state index in [-0.39, 0.29) is 5.60 Å². The molecule has 1 rings (SSSR count). The highest BCUT2D eigenvalue weighted by Gasteiger charge is 2.49. The summed E-state index contributed by atoms with van der Waals surface area (Å²) in [6.45, 7) is 6.57. The zero-order chi connectivity index (χ0) is 11.7. The van der Waals surface area contributed by atoms with E-state index in [1.54, 1.807) is 0 Å². The van der Waals surface area contributed by atoms with E-state index in [9.17, 15) is 4.79 Å². The SMILES string of the molecule is [3H]C(C)OC(=O)C1(CC)CCC(C)(C)O1. The van der Waals surface area contributed by atoms with Gasteiger partial charge in [0.1, 0.15) is 0 Å². The number of hydrogen-bond donors (Lipinski definition) is 0. The molecule has 0 bridgehead atoms. The molecule has 14 heavy (non-hydrogen) atoms. The van der Waals surface area contributed by atoms with Gasteiger partial charge in [-0.1, -0.05) is 6.92 Å². The van der Waals surface area contributed by atoms with Crippen molar-refractivity contribution in [3.63, 3.8) is 0 Å². The van der Waals surface area contributed by atoms with Crippen molar-refractivity contribution < 1.29 is 15.6 Å². The van der Waals surface area contributed by atoms with E-state index in [0.717, 1.165) is 6.42 Å². The predicted octanol–water partition coefficient (Wildman–Crippen LogP) is 2.29. The Hall–Kier alpha value is -0.570. The van der Waals surface area contributed by atoms with Gasteiger partial charge in [0.05, 0.1) is 13.6 Å². The Morgan fingerprint density at radius 3 is 2.50 bits per heavy atom. The Bertz CT molecular complexity index is 250. The van der Waals surface area contributed by atoms with Crippen LogP contribution >= 0.6 is 0 Å². The van der Waals surface area contributed by atoms with Crippen LogP contribution in [0.5, 0.6) is 0 Å². The quantitative estimate of drug-likeness (QED) is 0.659. The van der Waals surface area contributed by atoms with Gasteiger partial charge in [-0.3, -0.25) is 0 Å². The second-order valence-electron chi connectivity index (χ2n) is 4.35. The molecule has 3 nitrogen and oxygen atoms in total. The summed E-state index contributed by atoms with van der Waals surface area (Å²) in [5.74, 6) is -0.391. The van der Waals surface area contributed by atoms with Crippen LogP contribution in [0.4, 0.5) is 0 Å². The van der Waals surface area contributed by atoms with Gasteiger partial charge in [0.2, 0.25) is 0 Å². The van der Waals surface area contributed by atoms with Gasteiger partial charge in [-0.25, -0.2) is 4.79 Å². The molecular formula is C11H20O3. The summed E-state index contributed by atoms with van der Waals surface area (Å²) in [6.07, 6.45) is 2.13. The van der Waals surface area contributed by atoms with Crippen LogP contribution in [0, 0.1) is 0 Å². The Morgan fingerprint density at radius 2 is 2.14 bits per heavy atom. The maximum atomic E-state index is 11.8. The summed E-state index contributed by atoms with van der Waals surface area (Å²) in [7, 11) is 0. The monoisotopic (exact) mass is 202 g/mol. The van der Waals surface area contributed by atoms with E-state index in [0.29, 0.717) is 12.8 Å². The molecule has 0 saturated carbocycles. The molecule has 1 aliphatic rings. The van der Waals surface area contributed by atoms with Gasteiger partial charge in [0.15, 0.2) is 5.60 Å². The Labute approximate surface area is 87.2 Å². The van der Waals surface area contributed by atoms with E-state index < -0.39 is 18.2 Å². The van der Waals surface area contributed by atoms with Crippen molar-refractivity contribution in [3.05, 3.63) is 0 Å². The van der Waals surface area contributed by atoms with Crippen LogP contribution in [0.1, 0.15) is 48.3 Å². The fourth-order valence-electron chi connectivity index (χ4n) is 1.89. The minimum absolute atomic E-state index is 0.264. The van der Waals surface area contributed by atoms with E-state index in [1.807, 2.05) is 20.8 Å². The molecular weight excluding hydrogens is 180 g/mol. The summed E-state index contributed by atoms with van der Waals surface area (Å²) in [4.78, 5) is 11.8. The van der Waals surface area contributed by atoms with Gasteiger partial charge < -0.3 is 9.47 Å². The van der Waals surface area contributed by atoms with Gasteiger partial charge in [0.25, 0.3) is 0 Å². The molecule has 2 unspecified atom stereocenters. The lowest BCUT2D eigenvalue weighted by atomic mass is 9.95. The molecule has 0 radical (unpaired) electrons. The zero-order valence-corrected chi connectivity index (χ0v) is 9.42. The normalized spacial score (nSPS) is 33.6. The lowest BCUT2D eigenvalue weighted by Gasteiger charge is -2.28. The van der Waals surface area contributed by atoms with Crippen LogP contribution < -0.4 is 0 Å². The van der Waals surface area contributed by atoms with Gasteiger partial charge in [-0.05, 0) is 40.0 Å². The molecule has 1 fully saturated rings. The highest BCUT2D eigenvalue weighted by Crippen LogP contribution is 2.40. The first-order valence-electron chi connectivity index (χ1n) is 5.72. The Balaban J connectivity index is 2.75. The largest absolute Gasteiger partial charge is 0.464 e. The minimum Gasteiger partial charge on any atom is -0.464 e. The zero-order valence-electron chi connectivity index (χ0n) is 10.4. The van der Waals surface area contributed by atoms with Crippen LogP contribution in [0.2, 0.25) is 0 Å². The van der Waals surface area contributed by atoms with Gasteiger partial charge in [-0.2, -0.15) is 0 Å². The number of carbonyl (C=O) groups is 1. The van der Waals surface area contributed by atoms with E-state index in [2.05, 4.69) is 0 Å². The Morgan fingerprint density at radius 1 is 1.50 bits per heavy atom. The van der Waals surface area contributed by atoms with Crippen LogP contribution in [0.25, 0.3) is 0 Å². The average Bonchev–Trinajstić information content (AvgIpc) is 2.42. The lowest BCUT2D eigenvalue weighted by Crippen LogP contribution is -2.41. The van der Waals surface area contributed by atoms with E-state index >= 15 is 0 Å². The van der Waals surface area contributed by atoms with Crippen LogP contribution in [0.3, 0.4) is 0 Å². The third-order valence-electron chi connectivity index (χ3n) is 2.77. The van der Waals surface area contributed by atoms with Crippen molar-refractivity contribution in [1.29, 1.82) is 0 Å². The fourth-order valence-corrected chi connectivity index (χ4v) is 1.89. The standard InChI is InChI=1S/C11H20O3/c1-5-11(9(12)13-6-2)8-7-10(3,4)14-11/h5-8H2,1-4H3/i6T. The topological polar surface area (TPSA) is 35.5 Å². The summed E-state index contributed by atoms with van der Waals surface area (Å²) in [6, 6.07) is 0. The summed E-state index contributed by atoms with van der Waals surface area (Å²) in [5, 5.41) is 0.